The molecule has 4 rings (SSSR count). The van der Waals surface area contributed by atoms with Crippen LogP contribution in [0.15, 0.2) is 48.7 Å². The van der Waals surface area contributed by atoms with Crippen LogP contribution in [-0.2, 0) is 16.1 Å². The Kier molecular flexibility index (Phi) is 9.95. The molecule has 1 aliphatic rings. The zero-order chi connectivity index (χ0) is 27.9. The zero-order valence-electron chi connectivity index (χ0n) is 21.3. The Morgan fingerprint density at radius 3 is 2.72 bits per heavy atom. The molecule has 2 heterocycles. The second-order valence-corrected chi connectivity index (χ2v) is 10.0. The molecule has 0 spiro atoms. The zero-order valence-corrected chi connectivity index (χ0v) is 22.8. The van der Waals surface area contributed by atoms with Crippen LogP contribution in [0.25, 0.3) is 0 Å². The van der Waals surface area contributed by atoms with E-state index in [0.717, 1.165) is 16.7 Å². The van der Waals surface area contributed by atoms with E-state index < -0.39 is 17.8 Å². The van der Waals surface area contributed by atoms with E-state index in [0.29, 0.717) is 36.0 Å². The van der Waals surface area contributed by atoms with Crippen molar-refractivity contribution in [2.75, 3.05) is 26.3 Å². The fourth-order valence-electron chi connectivity index (χ4n) is 4.57. The van der Waals surface area contributed by atoms with Crippen LogP contribution in [0.1, 0.15) is 57.7 Å². The number of carbonyl (C=O) groups is 2. The van der Waals surface area contributed by atoms with Crippen LogP contribution in [0.4, 0.5) is 4.39 Å². The van der Waals surface area contributed by atoms with Crippen molar-refractivity contribution < 1.29 is 29.1 Å². The number of benzene rings is 2. The van der Waals surface area contributed by atoms with Gasteiger partial charge in [-0.2, -0.15) is 0 Å². The van der Waals surface area contributed by atoms with Gasteiger partial charge in [-0.15, -0.1) is 0 Å². The number of ether oxygens (including phenoxy) is 1. The number of amides is 1. The Morgan fingerprint density at radius 2 is 2.00 bits per heavy atom. The number of hydrazine groups is 1. The maximum atomic E-state index is 13.5. The summed E-state index contributed by atoms with van der Waals surface area (Å²) in [5.41, 5.74) is 10.1. The van der Waals surface area contributed by atoms with Crippen molar-refractivity contribution in [3.05, 3.63) is 92.5 Å². The average Bonchev–Trinajstić information content (AvgIpc) is 3.60. The van der Waals surface area contributed by atoms with E-state index in [4.69, 9.17) is 27.9 Å². The van der Waals surface area contributed by atoms with E-state index in [1.165, 1.54) is 18.2 Å². The van der Waals surface area contributed by atoms with E-state index in [-0.39, 0.29) is 36.1 Å². The summed E-state index contributed by atoms with van der Waals surface area (Å²) in [6, 6.07) is 10.8. The number of rotatable bonds is 11. The predicted molar refractivity (Wildman–Crippen MR) is 145 cm³/mol. The lowest BCUT2D eigenvalue weighted by Gasteiger charge is -2.19. The van der Waals surface area contributed by atoms with Crippen LogP contribution in [0.3, 0.4) is 0 Å². The van der Waals surface area contributed by atoms with Gasteiger partial charge < -0.3 is 25.5 Å². The lowest BCUT2D eigenvalue weighted by Crippen LogP contribution is -2.84. The number of nitrogens with two attached hydrogens (primary N) is 1. The van der Waals surface area contributed by atoms with E-state index >= 15 is 0 Å². The fourth-order valence-corrected chi connectivity index (χ4v) is 5.02. The third-order valence-corrected chi connectivity index (χ3v) is 7.25. The number of esters is 1. The van der Waals surface area contributed by atoms with Crippen LogP contribution in [0, 0.1) is 5.82 Å². The van der Waals surface area contributed by atoms with Crippen molar-refractivity contribution >= 4 is 35.1 Å². The summed E-state index contributed by atoms with van der Waals surface area (Å²) in [5.74, 6) is -1.22. The van der Waals surface area contributed by atoms with Crippen LogP contribution in [-0.4, -0.2) is 48.3 Å². The minimum absolute atomic E-state index is 0.0401. The lowest BCUT2D eigenvalue weighted by molar-refractivity contribution is -0.661. The molecular weight excluding hydrogens is 548 g/mol. The monoisotopic (exact) mass is 578 g/mol. The van der Waals surface area contributed by atoms with Gasteiger partial charge in [-0.1, -0.05) is 41.4 Å². The minimum atomic E-state index is -0.753. The highest BCUT2D eigenvalue weighted by atomic mass is 35.5. The molecule has 3 atom stereocenters. The predicted octanol–water partition coefficient (Wildman–Crippen LogP) is 2.48. The molecule has 12 heteroatoms. The number of H-pyrrole nitrogens is 1. The minimum Gasteiger partial charge on any atom is -0.462 e. The second-order valence-electron chi connectivity index (χ2n) is 9.19. The van der Waals surface area contributed by atoms with Crippen molar-refractivity contribution in [1.29, 1.82) is 0 Å². The van der Waals surface area contributed by atoms with E-state index in [2.05, 4.69) is 21.2 Å². The van der Waals surface area contributed by atoms with Crippen molar-refractivity contribution in [3.63, 3.8) is 0 Å². The van der Waals surface area contributed by atoms with Crippen molar-refractivity contribution in [2.45, 2.75) is 31.5 Å². The number of hydrogen-bond donors (Lipinski definition) is 6. The van der Waals surface area contributed by atoms with Crippen LogP contribution < -0.4 is 21.5 Å². The molecule has 1 fully saturated rings. The average molecular weight is 579 g/mol. The summed E-state index contributed by atoms with van der Waals surface area (Å²) in [6.07, 6.45) is 1.76. The Labute approximate surface area is 235 Å². The number of hydrogen-bond acceptors (Lipinski definition) is 6. The molecule has 2 aromatic carbocycles. The molecular formula is C27H31Cl2FN5O4+. The molecule has 7 N–H and O–H groups in total. The van der Waals surface area contributed by atoms with Crippen molar-refractivity contribution in [1.82, 2.24) is 21.2 Å². The molecule has 1 aliphatic heterocycles. The summed E-state index contributed by atoms with van der Waals surface area (Å²) < 4.78 is 18.5. The van der Waals surface area contributed by atoms with E-state index in [1.54, 1.807) is 19.2 Å². The molecule has 1 saturated heterocycles. The maximum absolute atomic E-state index is 13.5. The summed E-state index contributed by atoms with van der Waals surface area (Å²) in [6.45, 7) is 3.18. The Balaban J connectivity index is 1.41. The molecule has 9 nitrogen and oxygen atoms in total. The number of aromatic nitrogens is 1. The molecule has 0 aliphatic carbocycles. The summed E-state index contributed by atoms with van der Waals surface area (Å²) in [4.78, 5) is 27.5. The first-order valence-electron chi connectivity index (χ1n) is 12.6. The third kappa shape index (κ3) is 7.16. The molecule has 2 unspecified atom stereocenters. The van der Waals surface area contributed by atoms with Gasteiger partial charge in [-0.25, -0.2) is 14.6 Å². The Morgan fingerprint density at radius 1 is 1.18 bits per heavy atom. The quantitative estimate of drug-likeness (QED) is 0.194. The fraction of sp³-hybridized carbons (Fsp3) is 0.333. The topological polar surface area (TPSA) is 132 Å². The van der Waals surface area contributed by atoms with Crippen LogP contribution >= 0.6 is 23.2 Å². The van der Waals surface area contributed by atoms with E-state index in [9.17, 15) is 19.1 Å². The summed E-state index contributed by atoms with van der Waals surface area (Å²) >= 11 is 12.4. The molecule has 1 amide bonds. The van der Waals surface area contributed by atoms with Gasteiger partial charge in [-0.3, -0.25) is 10.2 Å². The van der Waals surface area contributed by atoms with Crippen molar-refractivity contribution in [3.8, 4) is 0 Å². The summed E-state index contributed by atoms with van der Waals surface area (Å²) in [5, 5.41) is 14.9. The number of halogens is 3. The molecule has 208 valence electrons. The number of nitrogens with one attached hydrogen (secondary N) is 4. The first kappa shape index (κ1) is 29.0. The molecule has 39 heavy (non-hydrogen) atoms. The van der Waals surface area contributed by atoms with Gasteiger partial charge in [0, 0.05) is 29.2 Å². The smallest absolute Gasteiger partial charge is 0.361 e. The number of carbonyl (C=O) groups excluding carboxylic acids is 2. The molecule has 0 bridgehead atoms. The largest absolute Gasteiger partial charge is 0.462 e. The van der Waals surface area contributed by atoms with Gasteiger partial charge in [0.15, 0.2) is 6.54 Å². The van der Waals surface area contributed by atoms with Crippen LogP contribution in [0.2, 0.25) is 10.0 Å². The van der Waals surface area contributed by atoms with Gasteiger partial charge in [0.05, 0.1) is 30.3 Å². The number of quaternary nitrogens is 1. The number of aromatic amines is 1. The normalized spacial score (nSPS) is 17.7. The highest BCUT2D eigenvalue weighted by Crippen LogP contribution is 2.35. The maximum Gasteiger partial charge on any atom is 0.361 e. The Hall–Kier alpha value is -2.99. The van der Waals surface area contributed by atoms with Crippen molar-refractivity contribution in [2.24, 2.45) is 0 Å². The van der Waals surface area contributed by atoms with Crippen LogP contribution in [0.5, 0.6) is 0 Å². The second kappa shape index (κ2) is 13.4. The summed E-state index contributed by atoms with van der Waals surface area (Å²) in [7, 11) is 0. The van der Waals surface area contributed by atoms with Gasteiger partial charge in [0.1, 0.15) is 18.1 Å². The third-order valence-electron chi connectivity index (χ3n) is 6.61. The first-order valence-corrected chi connectivity index (χ1v) is 13.3. The van der Waals surface area contributed by atoms with Gasteiger partial charge in [0.2, 0.25) is 0 Å². The highest BCUT2D eigenvalue weighted by molar-refractivity contribution is 6.31. The molecule has 0 radical (unpaired) electrons. The molecule has 1 aromatic heterocycles. The first-order chi connectivity index (χ1) is 18.8. The standard InChI is InChI=1S/C27H30Cl2FN5O4/c1-2-39-25(37)13-31-10-17-4-3-15(7-20(17)28)19-12-33-35-26(19)18-9-23(32-11-18)27(38)34-24(14-36)16-5-6-22(30)21(29)8-16/h3-9,11,19,24,26,31-33,35-36H,2,10,12-14H2,1H3,(H,34,38)/p+1/t19?,24-,26?/m1/s1. The van der Waals surface area contributed by atoms with Gasteiger partial charge in [0.25, 0.3) is 5.91 Å². The lowest BCUT2D eigenvalue weighted by atomic mass is 9.89. The Bertz CT molecular complexity index is 1320. The number of aliphatic hydroxyl groups excluding tert-OH is 1. The SMILES string of the molecule is CCOC(=O)C[NH2+]Cc1ccc(C2CNNC2c2c[nH]c(C(=O)N[C@H](CO)c3ccc(F)c(Cl)c3)c2)cc1Cl. The molecule has 3 aromatic rings. The highest BCUT2D eigenvalue weighted by Gasteiger charge is 2.31. The van der Waals surface area contributed by atoms with Gasteiger partial charge >= 0.3 is 5.97 Å². The van der Waals surface area contributed by atoms with E-state index in [1.807, 2.05) is 23.5 Å². The number of aliphatic hydroxyl groups is 1. The molecule has 0 saturated carbocycles. The van der Waals surface area contributed by atoms with Gasteiger partial charge in [-0.05, 0) is 47.9 Å².